The molecule has 0 fully saturated rings. The monoisotopic (exact) mass is 226 g/mol. The highest BCUT2D eigenvalue weighted by molar-refractivity contribution is 7.14. The summed E-state index contributed by atoms with van der Waals surface area (Å²) in [5.41, 5.74) is 6.65. The average Bonchev–Trinajstić information content (AvgIpc) is 2.59. The van der Waals surface area contributed by atoms with E-state index in [1.807, 2.05) is 19.9 Å². The normalized spacial score (nSPS) is 12.5. The number of amides is 1. The van der Waals surface area contributed by atoms with Crippen molar-refractivity contribution in [2.75, 3.05) is 6.54 Å². The first-order chi connectivity index (χ1) is 7.08. The van der Waals surface area contributed by atoms with Gasteiger partial charge in [-0.2, -0.15) is 0 Å². The van der Waals surface area contributed by atoms with Gasteiger partial charge in [-0.1, -0.05) is 6.92 Å². The van der Waals surface area contributed by atoms with Gasteiger partial charge in [-0.05, 0) is 31.9 Å². The van der Waals surface area contributed by atoms with E-state index in [9.17, 15) is 4.79 Å². The Balaban J connectivity index is 2.74. The Morgan fingerprint density at radius 2 is 2.33 bits per heavy atom. The van der Waals surface area contributed by atoms with Crippen LogP contribution in [-0.4, -0.2) is 18.5 Å². The van der Waals surface area contributed by atoms with Gasteiger partial charge in [-0.25, -0.2) is 0 Å². The average molecular weight is 226 g/mol. The molecule has 0 saturated carbocycles. The predicted molar refractivity (Wildman–Crippen MR) is 64.4 cm³/mol. The lowest BCUT2D eigenvalue weighted by molar-refractivity contribution is 0.0945. The van der Waals surface area contributed by atoms with Crippen molar-refractivity contribution in [3.8, 4) is 0 Å². The molecule has 1 atom stereocenters. The molecule has 84 valence electrons. The Morgan fingerprint density at radius 3 is 2.80 bits per heavy atom. The summed E-state index contributed by atoms with van der Waals surface area (Å²) < 4.78 is 0. The van der Waals surface area contributed by atoms with Crippen LogP contribution in [0.15, 0.2) is 6.07 Å². The van der Waals surface area contributed by atoms with E-state index in [1.165, 1.54) is 10.4 Å². The van der Waals surface area contributed by atoms with E-state index in [2.05, 4.69) is 12.2 Å². The first-order valence-electron chi connectivity index (χ1n) is 5.18. The van der Waals surface area contributed by atoms with Crippen LogP contribution in [0.2, 0.25) is 0 Å². The summed E-state index contributed by atoms with van der Waals surface area (Å²) >= 11 is 1.57. The third kappa shape index (κ3) is 3.04. The van der Waals surface area contributed by atoms with Gasteiger partial charge in [-0.15, -0.1) is 11.3 Å². The van der Waals surface area contributed by atoms with Gasteiger partial charge in [0.05, 0.1) is 4.88 Å². The first kappa shape index (κ1) is 12.2. The van der Waals surface area contributed by atoms with Crippen molar-refractivity contribution in [2.24, 2.45) is 5.73 Å². The summed E-state index contributed by atoms with van der Waals surface area (Å²) in [4.78, 5) is 13.8. The molecule has 0 spiro atoms. The van der Waals surface area contributed by atoms with E-state index in [4.69, 9.17) is 5.73 Å². The van der Waals surface area contributed by atoms with Crippen LogP contribution in [0, 0.1) is 6.92 Å². The van der Waals surface area contributed by atoms with Gasteiger partial charge in [0, 0.05) is 17.5 Å². The molecule has 0 saturated heterocycles. The maximum absolute atomic E-state index is 11.7. The number of hydrogen-bond acceptors (Lipinski definition) is 3. The number of thiophene rings is 1. The number of nitrogens with two attached hydrogens (primary N) is 1. The molecule has 3 nitrogen and oxygen atoms in total. The Kier molecular flexibility index (Phi) is 4.29. The van der Waals surface area contributed by atoms with Crippen LogP contribution in [0.25, 0.3) is 0 Å². The second-order valence-corrected chi connectivity index (χ2v) is 4.82. The summed E-state index contributed by atoms with van der Waals surface area (Å²) in [5, 5.41) is 2.86. The summed E-state index contributed by atoms with van der Waals surface area (Å²) in [7, 11) is 0. The fourth-order valence-electron chi connectivity index (χ4n) is 1.34. The molecule has 4 heteroatoms. The van der Waals surface area contributed by atoms with Gasteiger partial charge in [0.15, 0.2) is 0 Å². The standard InChI is InChI=1S/C11H18N2OS/c1-4-9-7(2)5-10(15-9)11(14)13-8(3)6-12/h5,8H,4,6,12H2,1-3H3,(H,13,14)/t8-/m1/s1. The van der Waals surface area contributed by atoms with Crippen LogP contribution in [0.4, 0.5) is 0 Å². The highest BCUT2D eigenvalue weighted by Gasteiger charge is 2.12. The Bertz CT molecular complexity index is 346. The molecule has 0 aliphatic heterocycles. The summed E-state index contributed by atoms with van der Waals surface area (Å²) in [6.07, 6.45) is 0.982. The van der Waals surface area contributed by atoms with Crippen LogP contribution >= 0.6 is 11.3 Å². The van der Waals surface area contributed by atoms with E-state index in [-0.39, 0.29) is 11.9 Å². The molecular weight excluding hydrogens is 208 g/mol. The molecule has 0 radical (unpaired) electrons. The maximum atomic E-state index is 11.7. The van der Waals surface area contributed by atoms with Gasteiger partial charge in [0.2, 0.25) is 0 Å². The fraction of sp³-hybridized carbons (Fsp3) is 0.545. The number of aryl methyl sites for hydroxylation is 2. The van der Waals surface area contributed by atoms with Crippen molar-refractivity contribution in [1.29, 1.82) is 0 Å². The third-order valence-electron chi connectivity index (χ3n) is 2.30. The smallest absolute Gasteiger partial charge is 0.261 e. The van der Waals surface area contributed by atoms with Crippen molar-refractivity contribution in [3.05, 3.63) is 21.4 Å². The number of rotatable bonds is 4. The second kappa shape index (κ2) is 5.28. The minimum atomic E-state index is -0.0132. The minimum Gasteiger partial charge on any atom is -0.348 e. The van der Waals surface area contributed by atoms with E-state index in [0.717, 1.165) is 11.3 Å². The minimum absolute atomic E-state index is 0.0132. The van der Waals surface area contributed by atoms with Gasteiger partial charge >= 0.3 is 0 Å². The van der Waals surface area contributed by atoms with E-state index in [0.29, 0.717) is 6.54 Å². The second-order valence-electron chi connectivity index (χ2n) is 3.68. The summed E-state index contributed by atoms with van der Waals surface area (Å²) in [6, 6.07) is 1.98. The molecule has 3 N–H and O–H groups in total. The largest absolute Gasteiger partial charge is 0.348 e. The van der Waals surface area contributed by atoms with E-state index < -0.39 is 0 Å². The van der Waals surface area contributed by atoms with Gasteiger partial charge < -0.3 is 11.1 Å². The summed E-state index contributed by atoms with van der Waals surface area (Å²) in [5.74, 6) is -0.0132. The molecule has 0 aromatic carbocycles. The lowest BCUT2D eigenvalue weighted by Gasteiger charge is -2.09. The van der Waals surface area contributed by atoms with E-state index in [1.54, 1.807) is 11.3 Å². The van der Waals surface area contributed by atoms with Crippen molar-refractivity contribution in [3.63, 3.8) is 0 Å². The molecule has 1 heterocycles. The molecular formula is C11H18N2OS. The molecule has 0 aliphatic carbocycles. The number of carbonyl (C=O) groups excluding carboxylic acids is 1. The van der Waals surface area contributed by atoms with Crippen molar-refractivity contribution in [1.82, 2.24) is 5.32 Å². The maximum Gasteiger partial charge on any atom is 0.261 e. The molecule has 1 rings (SSSR count). The van der Waals surface area contributed by atoms with Crippen LogP contribution in [0.5, 0.6) is 0 Å². The lowest BCUT2D eigenvalue weighted by atomic mass is 10.2. The third-order valence-corrected chi connectivity index (χ3v) is 3.68. The SMILES string of the molecule is CCc1sc(C(=O)N[C@H](C)CN)cc1C. The van der Waals surface area contributed by atoms with Crippen LogP contribution < -0.4 is 11.1 Å². The zero-order valence-corrected chi connectivity index (χ0v) is 10.3. The Morgan fingerprint density at radius 1 is 1.67 bits per heavy atom. The number of carbonyl (C=O) groups is 1. The van der Waals surface area contributed by atoms with Gasteiger partial charge in [0.25, 0.3) is 5.91 Å². The zero-order valence-electron chi connectivity index (χ0n) is 9.46. The number of hydrogen-bond donors (Lipinski definition) is 2. The van der Waals surface area contributed by atoms with Crippen LogP contribution in [-0.2, 0) is 6.42 Å². The van der Waals surface area contributed by atoms with Gasteiger partial charge in [0.1, 0.15) is 0 Å². The van der Waals surface area contributed by atoms with Crippen LogP contribution in [0.1, 0.15) is 34.0 Å². The first-order valence-corrected chi connectivity index (χ1v) is 6.00. The van der Waals surface area contributed by atoms with Crippen molar-refractivity contribution >= 4 is 17.2 Å². The molecule has 1 amide bonds. The van der Waals surface area contributed by atoms with Crippen molar-refractivity contribution < 1.29 is 4.79 Å². The zero-order chi connectivity index (χ0) is 11.4. The number of nitrogens with one attached hydrogen (secondary N) is 1. The highest BCUT2D eigenvalue weighted by atomic mass is 32.1. The molecule has 0 unspecified atom stereocenters. The fourth-order valence-corrected chi connectivity index (χ4v) is 2.35. The molecule has 15 heavy (non-hydrogen) atoms. The van der Waals surface area contributed by atoms with Crippen LogP contribution in [0.3, 0.4) is 0 Å². The molecule has 1 aromatic rings. The Labute approximate surface area is 94.7 Å². The quantitative estimate of drug-likeness (QED) is 0.821. The molecule has 0 bridgehead atoms. The topological polar surface area (TPSA) is 55.1 Å². The predicted octanol–water partition coefficient (Wildman–Crippen LogP) is 1.70. The summed E-state index contributed by atoms with van der Waals surface area (Å²) in [6.45, 7) is 6.51. The molecule has 1 aromatic heterocycles. The lowest BCUT2D eigenvalue weighted by Crippen LogP contribution is -2.37. The highest BCUT2D eigenvalue weighted by Crippen LogP contribution is 2.22. The van der Waals surface area contributed by atoms with Crippen molar-refractivity contribution in [2.45, 2.75) is 33.2 Å². The van der Waals surface area contributed by atoms with E-state index >= 15 is 0 Å². The Hall–Kier alpha value is -0.870. The van der Waals surface area contributed by atoms with Gasteiger partial charge in [-0.3, -0.25) is 4.79 Å². The molecule has 0 aliphatic rings.